The van der Waals surface area contributed by atoms with Gasteiger partial charge in [-0.3, -0.25) is 4.79 Å². The molecule has 3 atom stereocenters. The minimum atomic E-state index is -0.627. The third-order valence-corrected chi connectivity index (χ3v) is 4.26. The lowest BCUT2D eigenvalue weighted by Crippen LogP contribution is -2.50. The van der Waals surface area contributed by atoms with Gasteiger partial charge < -0.3 is 16.0 Å². The molecule has 6 heteroatoms. The van der Waals surface area contributed by atoms with Crippen molar-refractivity contribution < 1.29 is 14.0 Å². The monoisotopic (exact) mass is 321 g/mol. The summed E-state index contributed by atoms with van der Waals surface area (Å²) in [6.07, 6.45) is 2.10. The average Bonchev–Trinajstić information content (AvgIpc) is 2.91. The highest BCUT2D eigenvalue weighted by atomic mass is 19.1. The van der Waals surface area contributed by atoms with E-state index in [1.807, 2.05) is 19.9 Å². The van der Waals surface area contributed by atoms with Crippen LogP contribution in [0.3, 0.4) is 0 Å². The number of fused-ring (bicyclic) bond motifs is 1. The first kappa shape index (κ1) is 17.2. The number of benzene rings is 1. The van der Waals surface area contributed by atoms with Gasteiger partial charge in [0, 0.05) is 6.04 Å². The Bertz CT molecular complexity index is 591. The molecule has 0 spiro atoms. The maximum absolute atomic E-state index is 13.7. The second-order valence-corrected chi connectivity index (χ2v) is 6.06. The summed E-state index contributed by atoms with van der Waals surface area (Å²) in [7, 11) is 0. The molecule has 0 unspecified atom stereocenters. The predicted octanol–water partition coefficient (Wildman–Crippen LogP) is 2.42. The van der Waals surface area contributed by atoms with Crippen LogP contribution in [0.5, 0.6) is 0 Å². The second kappa shape index (κ2) is 7.44. The Morgan fingerprint density at radius 1 is 1.30 bits per heavy atom. The van der Waals surface area contributed by atoms with E-state index in [4.69, 9.17) is 0 Å². The first-order chi connectivity index (χ1) is 10.9. The molecule has 2 rings (SSSR count). The number of urea groups is 1. The third-order valence-electron chi connectivity index (χ3n) is 4.26. The molecule has 0 radical (unpaired) electrons. The van der Waals surface area contributed by atoms with E-state index in [1.165, 1.54) is 6.07 Å². The van der Waals surface area contributed by atoms with Gasteiger partial charge in [0.2, 0.25) is 5.91 Å². The fourth-order valence-electron chi connectivity index (χ4n) is 2.69. The smallest absolute Gasteiger partial charge is 0.315 e. The van der Waals surface area contributed by atoms with Crippen molar-refractivity contribution in [1.82, 2.24) is 16.0 Å². The van der Waals surface area contributed by atoms with Crippen LogP contribution in [0.15, 0.2) is 18.2 Å². The molecule has 1 aromatic rings. The molecule has 0 saturated carbocycles. The molecule has 0 aliphatic heterocycles. The van der Waals surface area contributed by atoms with E-state index in [-0.39, 0.29) is 23.8 Å². The molecule has 0 fully saturated rings. The van der Waals surface area contributed by atoms with Crippen molar-refractivity contribution in [2.75, 3.05) is 0 Å². The molecule has 1 aliphatic carbocycles. The normalized spacial score (nSPS) is 18.7. The lowest BCUT2D eigenvalue weighted by atomic mass is 10.1. The summed E-state index contributed by atoms with van der Waals surface area (Å²) in [4.78, 5) is 24.0. The Morgan fingerprint density at radius 3 is 2.74 bits per heavy atom. The fourth-order valence-corrected chi connectivity index (χ4v) is 2.69. The van der Waals surface area contributed by atoms with Crippen LogP contribution in [0.2, 0.25) is 0 Å². The number of carbonyl (C=O) groups excluding carboxylic acids is 2. The van der Waals surface area contributed by atoms with Crippen LogP contribution in [-0.4, -0.2) is 24.0 Å². The van der Waals surface area contributed by atoms with Crippen molar-refractivity contribution in [1.29, 1.82) is 0 Å². The highest BCUT2D eigenvalue weighted by Gasteiger charge is 2.27. The average molecular weight is 321 g/mol. The Hall–Kier alpha value is -2.11. The topological polar surface area (TPSA) is 70.2 Å². The highest BCUT2D eigenvalue weighted by molar-refractivity contribution is 5.86. The Kier molecular flexibility index (Phi) is 5.58. The van der Waals surface area contributed by atoms with Gasteiger partial charge in [-0.1, -0.05) is 19.1 Å². The molecule has 0 aromatic heterocycles. The summed E-state index contributed by atoms with van der Waals surface area (Å²) in [6, 6.07) is 3.72. The van der Waals surface area contributed by atoms with Crippen molar-refractivity contribution in [3.8, 4) is 0 Å². The molecular formula is C17H24FN3O2. The van der Waals surface area contributed by atoms with Gasteiger partial charge in [-0.25, -0.2) is 9.18 Å². The van der Waals surface area contributed by atoms with Crippen LogP contribution < -0.4 is 16.0 Å². The van der Waals surface area contributed by atoms with Crippen LogP contribution in [0, 0.1) is 5.82 Å². The van der Waals surface area contributed by atoms with E-state index >= 15 is 0 Å². The zero-order chi connectivity index (χ0) is 17.0. The number of hydrogen-bond acceptors (Lipinski definition) is 2. The lowest BCUT2D eigenvalue weighted by Gasteiger charge is -2.20. The van der Waals surface area contributed by atoms with Crippen molar-refractivity contribution >= 4 is 11.9 Å². The van der Waals surface area contributed by atoms with Crippen LogP contribution in [0.1, 0.15) is 50.8 Å². The van der Waals surface area contributed by atoms with E-state index in [1.54, 1.807) is 13.0 Å². The van der Waals surface area contributed by atoms with Gasteiger partial charge >= 0.3 is 6.03 Å². The number of rotatable bonds is 5. The summed E-state index contributed by atoms with van der Waals surface area (Å²) >= 11 is 0. The number of halogens is 1. The van der Waals surface area contributed by atoms with Gasteiger partial charge in [0.25, 0.3) is 0 Å². The standard InChI is InChI=1S/C17H24FN3O2/c1-4-10(2)19-16(22)11(3)20-17(23)21-15-9-8-12-13(15)6-5-7-14(12)18/h5-7,10-11,15H,4,8-9H2,1-3H3,(H,19,22)(H2,20,21,23)/t10-,11-,15+/m0/s1. The zero-order valence-corrected chi connectivity index (χ0v) is 13.8. The molecule has 0 bridgehead atoms. The van der Waals surface area contributed by atoms with Crippen molar-refractivity contribution in [2.24, 2.45) is 0 Å². The molecule has 3 amide bonds. The summed E-state index contributed by atoms with van der Waals surface area (Å²) < 4.78 is 13.7. The molecule has 0 heterocycles. The maximum atomic E-state index is 13.7. The van der Waals surface area contributed by atoms with Gasteiger partial charge in [-0.2, -0.15) is 0 Å². The molecule has 3 N–H and O–H groups in total. The molecule has 126 valence electrons. The van der Waals surface area contributed by atoms with Crippen molar-refractivity contribution in [3.05, 3.63) is 35.1 Å². The summed E-state index contributed by atoms with van der Waals surface area (Å²) in [5.41, 5.74) is 1.48. The predicted molar refractivity (Wildman–Crippen MR) is 86.5 cm³/mol. The largest absolute Gasteiger partial charge is 0.352 e. The van der Waals surface area contributed by atoms with Gasteiger partial charge in [0.1, 0.15) is 11.9 Å². The summed E-state index contributed by atoms with van der Waals surface area (Å²) in [5.74, 6) is -0.444. The van der Waals surface area contributed by atoms with E-state index in [0.717, 1.165) is 12.0 Å². The van der Waals surface area contributed by atoms with Gasteiger partial charge in [0.15, 0.2) is 0 Å². The minimum absolute atomic E-state index is 0.0690. The van der Waals surface area contributed by atoms with Crippen LogP contribution in [0.4, 0.5) is 9.18 Å². The Balaban J connectivity index is 1.89. The molecule has 23 heavy (non-hydrogen) atoms. The number of amides is 3. The molecule has 0 saturated heterocycles. The highest BCUT2D eigenvalue weighted by Crippen LogP contribution is 2.32. The quantitative estimate of drug-likeness (QED) is 0.779. The van der Waals surface area contributed by atoms with E-state index in [2.05, 4.69) is 16.0 Å². The van der Waals surface area contributed by atoms with Crippen LogP contribution in [0.25, 0.3) is 0 Å². The maximum Gasteiger partial charge on any atom is 0.315 e. The van der Waals surface area contributed by atoms with Gasteiger partial charge in [-0.05, 0) is 50.3 Å². The van der Waals surface area contributed by atoms with E-state index in [9.17, 15) is 14.0 Å². The van der Waals surface area contributed by atoms with Crippen LogP contribution in [-0.2, 0) is 11.2 Å². The number of carbonyl (C=O) groups is 2. The van der Waals surface area contributed by atoms with E-state index < -0.39 is 12.1 Å². The van der Waals surface area contributed by atoms with Crippen LogP contribution >= 0.6 is 0 Å². The van der Waals surface area contributed by atoms with E-state index in [0.29, 0.717) is 18.4 Å². The third kappa shape index (κ3) is 4.21. The Labute approximate surface area is 136 Å². The number of nitrogens with one attached hydrogen (secondary N) is 3. The molecule has 1 aliphatic rings. The fraction of sp³-hybridized carbons (Fsp3) is 0.529. The molecule has 5 nitrogen and oxygen atoms in total. The lowest BCUT2D eigenvalue weighted by molar-refractivity contribution is -0.123. The first-order valence-corrected chi connectivity index (χ1v) is 8.07. The minimum Gasteiger partial charge on any atom is -0.352 e. The van der Waals surface area contributed by atoms with Gasteiger partial charge in [0.05, 0.1) is 6.04 Å². The Morgan fingerprint density at radius 2 is 2.04 bits per heavy atom. The number of hydrogen-bond donors (Lipinski definition) is 3. The van der Waals surface area contributed by atoms with Crippen molar-refractivity contribution in [2.45, 2.75) is 58.2 Å². The SMILES string of the molecule is CC[C@H](C)NC(=O)[C@H](C)NC(=O)N[C@@H]1CCc2c(F)cccc21. The van der Waals surface area contributed by atoms with Crippen molar-refractivity contribution in [3.63, 3.8) is 0 Å². The zero-order valence-electron chi connectivity index (χ0n) is 13.8. The molecule has 1 aromatic carbocycles. The first-order valence-electron chi connectivity index (χ1n) is 8.07. The summed E-state index contributed by atoms with van der Waals surface area (Å²) in [5, 5.41) is 8.26. The second-order valence-electron chi connectivity index (χ2n) is 6.06. The summed E-state index contributed by atoms with van der Waals surface area (Å²) in [6.45, 7) is 5.53. The van der Waals surface area contributed by atoms with Gasteiger partial charge in [-0.15, -0.1) is 0 Å². The molecular weight excluding hydrogens is 297 g/mol.